The molecule has 1 amide bonds. The molecule has 2 N–H and O–H groups in total. The number of carbonyl (C=O) groups excluding carboxylic acids is 1. The maximum atomic E-state index is 12.0. The Morgan fingerprint density at radius 1 is 1.32 bits per heavy atom. The van der Waals surface area contributed by atoms with Gasteiger partial charge < -0.3 is 10.6 Å². The lowest BCUT2D eigenvalue weighted by Gasteiger charge is -2.09. The molecule has 0 atom stereocenters. The summed E-state index contributed by atoms with van der Waals surface area (Å²) in [5.74, 6) is -0.540. The number of rotatable bonds is 5. The number of anilines is 1. The van der Waals surface area contributed by atoms with Crippen LogP contribution in [0.3, 0.4) is 0 Å². The molecule has 0 unspecified atom stereocenters. The van der Waals surface area contributed by atoms with Gasteiger partial charge in [-0.05, 0) is 25.0 Å². The van der Waals surface area contributed by atoms with Gasteiger partial charge in [0.25, 0.3) is 11.6 Å². The van der Waals surface area contributed by atoms with Gasteiger partial charge in [0.15, 0.2) is 0 Å². The normalized spacial score (nSPS) is 15.1. The summed E-state index contributed by atoms with van der Waals surface area (Å²) in [5, 5.41) is 25.2. The van der Waals surface area contributed by atoms with Crippen molar-refractivity contribution in [2.24, 2.45) is 0 Å². The van der Waals surface area contributed by atoms with Gasteiger partial charge in [-0.3, -0.25) is 14.9 Å². The van der Waals surface area contributed by atoms with E-state index in [1.165, 1.54) is 30.5 Å². The van der Waals surface area contributed by atoms with Gasteiger partial charge in [-0.1, -0.05) is 12.8 Å². The van der Waals surface area contributed by atoms with Crippen molar-refractivity contribution in [2.75, 3.05) is 5.32 Å². The highest BCUT2D eigenvalue weighted by atomic mass is 16.6. The van der Waals surface area contributed by atoms with Gasteiger partial charge in [0.05, 0.1) is 4.92 Å². The first-order valence-corrected chi connectivity index (χ1v) is 7.02. The molecule has 0 aliphatic heterocycles. The molecule has 22 heavy (non-hydrogen) atoms. The number of amides is 1. The Hall–Kier alpha value is -2.88. The van der Waals surface area contributed by atoms with Gasteiger partial charge in [-0.2, -0.15) is 5.26 Å². The summed E-state index contributed by atoms with van der Waals surface area (Å²) >= 11 is 0. The monoisotopic (exact) mass is 300 g/mol. The van der Waals surface area contributed by atoms with E-state index in [4.69, 9.17) is 5.26 Å². The number of hydrogen-bond donors (Lipinski definition) is 2. The van der Waals surface area contributed by atoms with E-state index in [2.05, 4.69) is 10.6 Å². The lowest BCUT2D eigenvalue weighted by molar-refractivity contribution is -0.384. The molecule has 0 radical (unpaired) electrons. The van der Waals surface area contributed by atoms with Crippen LogP contribution in [0.1, 0.15) is 25.7 Å². The van der Waals surface area contributed by atoms with Crippen LogP contribution in [0.4, 0.5) is 11.4 Å². The zero-order chi connectivity index (χ0) is 15.9. The van der Waals surface area contributed by atoms with Crippen LogP contribution in [-0.4, -0.2) is 16.9 Å². The third-order valence-corrected chi connectivity index (χ3v) is 3.52. The molecule has 1 aliphatic carbocycles. The fourth-order valence-corrected chi connectivity index (χ4v) is 2.31. The van der Waals surface area contributed by atoms with Crippen molar-refractivity contribution in [3.63, 3.8) is 0 Å². The Bertz CT molecular complexity index is 625. The van der Waals surface area contributed by atoms with Crippen molar-refractivity contribution in [1.29, 1.82) is 5.26 Å². The minimum Gasteiger partial charge on any atom is -0.387 e. The van der Waals surface area contributed by atoms with E-state index in [0.29, 0.717) is 11.7 Å². The Morgan fingerprint density at radius 2 is 1.95 bits per heavy atom. The van der Waals surface area contributed by atoms with E-state index in [9.17, 15) is 14.9 Å². The molecule has 1 fully saturated rings. The van der Waals surface area contributed by atoms with Gasteiger partial charge in [0.2, 0.25) is 0 Å². The van der Waals surface area contributed by atoms with Crippen molar-refractivity contribution in [3.8, 4) is 6.07 Å². The summed E-state index contributed by atoms with van der Waals surface area (Å²) in [7, 11) is 0. The van der Waals surface area contributed by atoms with Gasteiger partial charge in [0.1, 0.15) is 11.6 Å². The number of benzene rings is 1. The summed E-state index contributed by atoms with van der Waals surface area (Å²) < 4.78 is 0. The first kappa shape index (κ1) is 15.5. The van der Waals surface area contributed by atoms with Crippen LogP contribution in [0, 0.1) is 21.4 Å². The second-order valence-electron chi connectivity index (χ2n) is 5.08. The number of nitriles is 1. The zero-order valence-corrected chi connectivity index (χ0v) is 11.9. The lowest BCUT2D eigenvalue weighted by atomic mass is 10.2. The van der Waals surface area contributed by atoms with E-state index in [0.717, 1.165) is 25.7 Å². The number of nitrogens with one attached hydrogen (secondary N) is 2. The first-order chi connectivity index (χ1) is 10.6. The van der Waals surface area contributed by atoms with Crippen LogP contribution >= 0.6 is 0 Å². The van der Waals surface area contributed by atoms with Crippen LogP contribution < -0.4 is 10.6 Å². The molecule has 0 bridgehead atoms. The van der Waals surface area contributed by atoms with Crippen LogP contribution in [0.25, 0.3) is 0 Å². The molecule has 0 spiro atoms. The Morgan fingerprint density at radius 3 is 2.50 bits per heavy atom. The standard InChI is InChI=1S/C15H16N4O3/c16-9-11(10-17-12-3-1-2-4-12)15(20)18-13-5-7-14(8-6-13)19(21)22/h5-8,10,12,17H,1-4H2,(H,18,20)/b11-10-. The second kappa shape index (κ2) is 7.22. The molecule has 0 heterocycles. The molecular weight excluding hydrogens is 284 g/mol. The van der Waals surface area contributed by atoms with E-state index in [1.54, 1.807) is 0 Å². The maximum absolute atomic E-state index is 12.0. The minimum absolute atomic E-state index is 0.0229. The minimum atomic E-state index is -0.540. The number of nitrogens with zero attached hydrogens (tertiary/aromatic N) is 2. The van der Waals surface area contributed by atoms with Crippen molar-refractivity contribution < 1.29 is 9.72 Å². The fourth-order valence-electron chi connectivity index (χ4n) is 2.31. The molecule has 1 aliphatic rings. The first-order valence-electron chi connectivity index (χ1n) is 7.02. The highest BCUT2D eigenvalue weighted by Gasteiger charge is 2.15. The third-order valence-electron chi connectivity index (χ3n) is 3.52. The van der Waals surface area contributed by atoms with Crippen LogP contribution in [0.5, 0.6) is 0 Å². The average molecular weight is 300 g/mol. The summed E-state index contributed by atoms with van der Waals surface area (Å²) in [4.78, 5) is 22.0. The van der Waals surface area contributed by atoms with E-state index >= 15 is 0 Å². The van der Waals surface area contributed by atoms with Crippen molar-refractivity contribution in [2.45, 2.75) is 31.7 Å². The quantitative estimate of drug-likeness (QED) is 0.376. The fraction of sp³-hybridized carbons (Fsp3) is 0.333. The molecule has 7 nitrogen and oxygen atoms in total. The van der Waals surface area contributed by atoms with E-state index in [1.807, 2.05) is 6.07 Å². The van der Waals surface area contributed by atoms with Crippen LogP contribution in [0.15, 0.2) is 36.0 Å². The predicted molar refractivity (Wildman–Crippen MR) is 80.8 cm³/mol. The summed E-state index contributed by atoms with van der Waals surface area (Å²) in [6.45, 7) is 0. The van der Waals surface area contributed by atoms with Crippen LogP contribution in [0.2, 0.25) is 0 Å². The highest BCUT2D eigenvalue weighted by Crippen LogP contribution is 2.18. The predicted octanol–water partition coefficient (Wildman–Crippen LogP) is 2.47. The van der Waals surface area contributed by atoms with E-state index in [-0.39, 0.29) is 11.3 Å². The Kier molecular flexibility index (Phi) is 5.09. The molecule has 114 valence electrons. The number of non-ortho nitro benzene ring substituents is 1. The SMILES string of the molecule is N#C/C(=C/NC1CCCC1)C(=O)Nc1ccc([N+](=O)[O-])cc1. The number of carbonyl (C=O) groups is 1. The Labute approximate surface area is 127 Å². The van der Waals surface area contributed by atoms with Crippen LogP contribution in [-0.2, 0) is 4.79 Å². The summed E-state index contributed by atoms with van der Waals surface area (Å²) in [6.07, 6.45) is 5.83. The molecular formula is C15H16N4O3. The average Bonchev–Trinajstić information content (AvgIpc) is 3.01. The molecule has 1 aromatic rings. The summed E-state index contributed by atoms with van der Waals surface area (Å²) in [5.41, 5.74) is 0.319. The lowest BCUT2D eigenvalue weighted by Crippen LogP contribution is -2.23. The number of nitro benzene ring substituents is 1. The van der Waals surface area contributed by atoms with Gasteiger partial charge in [-0.25, -0.2) is 0 Å². The highest BCUT2D eigenvalue weighted by molar-refractivity contribution is 6.06. The maximum Gasteiger partial charge on any atom is 0.269 e. The van der Waals surface area contributed by atoms with Gasteiger partial charge in [0, 0.05) is 30.1 Å². The third kappa shape index (κ3) is 4.06. The van der Waals surface area contributed by atoms with Gasteiger partial charge in [-0.15, -0.1) is 0 Å². The van der Waals surface area contributed by atoms with Crippen molar-refractivity contribution in [3.05, 3.63) is 46.2 Å². The Balaban J connectivity index is 1.97. The summed E-state index contributed by atoms with van der Waals surface area (Å²) in [6, 6.07) is 7.61. The largest absolute Gasteiger partial charge is 0.387 e. The molecule has 7 heteroatoms. The molecule has 0 aromatic heterocycles. The van der Waals surface area contributed by atoms with Gasteiger partial charge >= 0.3 is 0 Å². The molecule has 1 aromatic carbocycles. The number of nitro groups is 1. The van der Waals surface area contributed by atoms with Crippen molar-refractivity contribution in [1.82, 2.24) is 5.32 Å². The second-order valence-corrected chi connectivity index (χ2v) is 5.08. The topological polar surface area (TPSA) is 108 Å². The zero-order valence-electron chi connectivity index (χ0n) is 11.9. The number of hydrogen-bond acceptors (Lipinski definition) is 5. The molecule has 0 saturated heterocycles. The van der Waals surface area contributed by atoms with Crippen molar-refractivity contribution >= 4 is 17.3 Å². The molecule has 1 saturated carbocycles. The smallest absolute Gasteiger partial charge is 0.269 e. The van der Waals surface area contributed by atoms with E-state index < -0.39 is 10.8 Å². The molecule has 2 rings (SSSR count).